The SMILES string of the molecule is O=C(CSC(=S)N1CCN(Cc2ccccc2)CC1)NNC(=O)c1cccc([N+](=O)[O-])c1. The molecule has 0 aromatic heterocycles. The predicted octanol–water partition coefficient (Wildman–Crippen LogP) is 2.19. The van der Waals surface area contributed by atoms with Crippen LogP contribution >= 0.6 is 24.0 Å². The van der Waals surface area contributed by atoms with Gasteiger partial charge >= 0.3 is 0 Å². The van der Waals surface area contributed by atoms with Gasteiger partial charge in [-0.05, 0) is 11.6 Å². The minimum atomic E-state index is -0.635. The van der Waals surface area contributed by atoms with Crippen molar-refractivity contribution >= 4 is 45.8 Å². The summed E-state index contributed by atoms with van der Waals surface area (Å²) < 4.78 is 0.643. The average molecular weight is 474 g/mol. The molecule has 2 N–H and O–H groups in total. The summed E-state index contributed by atoms with van der Waals surface area (Å²) in [5, 5.41) is 10.8. The van der Waals surface area contributed by atoms with Crippen LogP contribution in [0.5, 0.6) is 0 Å². The maximum absolute atomic E-state index is 12.1. The molecule has 1 fully saturated rings. The van der Waals surface area contributed by atoms with E-state index in [1.165, 1.54) is 35.5 Å². The van der Waals surface area contributed by atoms with Gasteiger partial charge < -0.3 is 4.90 Å². The van der Waals surface area contributed by atoms with E-state index in [1.807, 2.05) is 18.2 Å². The first-order chi connectivity index (χ1) is 15.4. The minimum absolute atomic E-state index is 0.0538. The number of benzene rings is 2. The Morgan fingerprint density at radius 2 is 1.75 bits per heavy atom. The fourth-order valence-corrected chi connectivity index (χ4v) is 4.20. The van der Waals surface area contributed by atoms with Crippen molar-refractivity contribution in [3.05, 3.63) is 75.8 Å². The van der Waals surface area contributed by atoms with Crippen molar-refractivity contribution in [1.82, 2.24) is 20.7 Å². The van der Waals surface area contributed by atoms with Gasteiger partial charge in [0.2, 0.25) is 5.91 Å². The Balaban J connectivity index is 1.36. The molecule has 1 aliphatic rings. The van der Waals surface area contributed by atoms with Crippen LogP contribution in [-0.4, -0.2) is 62.8 Å². The van der Waals surface area contributed by atoms with E-state index >= 15 is 0 Å². The van der Waals surface area contributed by atoms with Gasteiger partial charge in [-0.3, -0.25) is 35.5 Å². The third kappa shape index (κ3) is 7.01. The lowest BCUT2D eigenvalue weighted by atomic mass is 10.2. The Bertz CT molecular complexity index is 981. The van der Waals surface area contributed by atoms with Crippen LogP contribution in [0.15, 0.2) is 54.6 Å². The van der Waals surface area contributed by atoms with Gasteiger partial charge in [0.15, 0.2) is 0 Å². The summed E-state index contributed by atoms with van der Waals surface area (Å²) in [5.74, 6) is -0.999. The Morgan fingerprint density at radius 1 is 1.03 bits per heavy atom. The zero-order chi connectivity index (χ0) is 22.9. The molecule has 2 aromatic carbocycles. The van der Waals surface area contributed by atoms with Crippen LogP contribution in [0.25, 0.3) is 0 Å². The molecule has 1 aliphatic heterocycles. The monoisotopic (exact) mass is 473 g/mol. The molecule has 168 valence electrons. The van der Waals surface area contributed by atoms with Crippen molar-refractivity contribution in [3.63, 3.8) is 0 Å². The predicted molar refractivity (Wildman–Crippen MR) is 127 cm³/mol. The molecular weight excluding hydrogens is 450 g/mol. The van der Waals surface area contributed by atoms with Crippen molar-refractivity contribution in [3.8, 4) is 0 Å². The number of hydrazine groups is 1. The summed E-state index contributed by atoms with van der Waals surface area (Å²) >= 11 is 6.69. The number of hydrogen-bond donors (Lipinski definition) is 2. The lowest BCUT2D eigenvalue weighted by molar-refractivity contribution is -0.384. The van der Waals surface area contributed by atoms with E-state index in [4.69, 9.17) is 12.2 Å². The number of amides is 2. The second-order valence-corrected chi connectivity index (χ2v) is 8.72. The highest BCUT2D eigenvalue weighted by Gasteiger charge is 2.20. The van der Waals surface area contributed by atoms with Gasteiger partial charge in [-0.15, -0.1) is 0 Å². The molecule has 2 aromatic rings. The van der Waals surface area contributed by atoms with Crippen LogP contribution in [0.4, 0.5) is 5.69 Å². The van der Waals surface area contributed by atoms with Crippen molar-refractivity contribution in [2.24, 2.45) is 0 Å². The molecule has 0 spiro atoms. The Labute approximate surface area is 195 Å². The van der Waals surface area contributed by atoms with E-state index in [-0.39, 0.29) is 17.0 Å². The number of carbonyl (C=O) groups is 2. The first-order valence-corrected chi connectivity index (χ1v) is 11.3. The third-order valence-electron chi connectivity index (χ3n) is 4.84. The standard InChI is InChI=1S/C21H23N5O4S2/c27-19(22-23-20(28)17-7-4-8-18(13-17)26(29)30)15-32-21(31)25-11-9-24(10-12-25)14-16-5-2-1-3-6-16/h1-8,13H,9-12,14-15H2,(H,22,27)(H,23,28). The number of hydrogen-bond acceptors (Lipinski definition) is 7. The number of thiocarbonyl (C=S) groups is 1. The summed E-state index contributed by atoms with van der Waals surface area (Å²) in [7, 11) is 0. The number of nitrogens with one attached hydrogen (secondary N) is 2. The smallest absolute Gasteiger partial charge is 0.270 e. The fourth-order valence-electron chi connectivity index (χ4n) is 3.14. The number of nitro benzene ring substituents is 1. The van der Waals surface area contributed by atoms with Crippen LogP contribution in [-0.2, 0) is 11.3 Å². The van der Waals surface area contributed by atoms with Crippen molar-refractivity contribution in [1.29, 1.82) is 0 Å². The summed E-state index contributed by atoms with van der Waals surface area (Å²) in [6, 6.07) is 15.6. The van der Waals surface area contributed by atoms with E-state index in [9.17, 15) is 19.7 Å². The Hall–Kier alpha value is -3.02. The third-order valence-corrected chi connectivity index (χ3v) is 6.36. The second kappa shape index (κ2) is 11.6. The normalized spacial score (nSPS) is 13.9. The summed E-state index contributed by atoms with van der Waals surface area (Å²) in [6.07, 6.45) is 0. The quantitative estimate of drug-likeness (QED) is 0.374. The molecule has 0 bridgehead atoms. The van der Waals surface area contributed by atoms with E-state index in [0.29, 0.717) is 4.32 Å². The van der Waals surface area contributed by atoms with Crippen molar-refractivity contribution < 1.29 is 14.5 Å². The number of thioether (sulfide) groups is 1. The first kappa shape index (κ1) is 23.6. The molecule has 1 heterocycles. The second-order valence-electron chi connectivity index (χ2n) is 7.11. The molecule has 2 amide bonds. The molecule has 32 heavy (non-hydrogen) atoms. The van der Waals surface area contributed by atoms with Crippen LogP contribution in [0.3, 0.4) is 0 Å². The van der Waals surface area contributed by atoms with Crippen LogP contribution in [0.1, 0.15) is 15.9 Å². The first-order valence-electron chi connectivity index (χ1n) is 9.94. The molecule has 0 saturated carbocycles. The van der Waals surface area contributed by atoms with Gasteiger partial charge in [0.1, 0.15) is 4.32 Å². The van der Waals surface area contributed by atoms with Gasteiger partial charge in [0.25, 0.3) is 11.6 Å². The molecule has 0 atom stereocenters. The zero-order valence-electron chi connectivity index (χ0n) is 17.2. The van der Waals surface area contributed by atoms with Crippen LogP contribution in [0, 0.1) is 10.1 Å². The minimum Gasteiger partial charge on any atom is -0.355 e. The number of carbonyl (C=O) groups excluding carboxylic acids is 2. The Kier molecular flexibility index (Phi) is 8.54. The summed E-state index contributed by atoms with van der Waals surface area (Å²) in [5.41, 5.74) is 5.72. The molecule has 3 rings (SSSR count). The van der Waals surface area contributed by atoms with E-state index in [1.54, 1.807) is 0 Å². The van der Waals surface area contributed by atoms with Crippen molar-refractivity contribution in [2.75, 3.05) is 31.9 Å². The molecule has 1 saturated heterocycles. The summed E-state index contributed by atoms with van der Waals surface area (Å²) in [4.78, 5) is 38.8. The van der Waals surface area contributed by atoms with E-state index in [0.717, 1.165) is 38.8 Å². The number of piperazine rings is 1. The highest BCUT2D eigenvalue weighted by molar-refractivity contribution is 8.23. The zero-order valence-corrected chi connectivity index (χ0v) is 18.9. The maximum atomic E-state index is 12.1. The van der Waals surface area contributed by atoms with E-state index < -0.39 is 16.7 Å². The summed E-state index contributed by atoms with van der Waals surface area (Å²) in [6.45, 7) is 4.27. The molecule has 0 aliphatic carbocycles. The van der Waals surface area contributed by atoms with Crippen LogP contribution < -0.4 is 10.9 Å². The molecule has 0 unspecified atom stereocenters. The fraction of sp³-hybridized carbons (Fsp3) is 0.286. The molecule has 11 heteroatoms. The highest BCUT2D eigenvalue weighted by Crippen LogP contribution is 2.15. The number of non-ortho nitro benzene ring substituents is 1. The molecule has 9 nitrogen and oxygen atoms in total. The number of nitrogens with zero attached hydrogens (tertiary/aromatic N) is 3. The van der Waals surface area contributed by atoms with Gasteiger partial charge in [-0.25, -0.2) is 0 Å². The Morgan fingerprint density at radius 3 is 2.44 bits per heavy atom. The van der Waals surface area contributed by atoms with Crippen molar-refractivity contribution in [2.45, 2.75) is 6.54 Å². The van der Waals surface area contributed by atoms with Gasteiger partial charge in [0.05, 0.1) is 10.7 Å². The average Bonchev–Trinajstić information content (AvgIpc) is 2.82. The lowest BCUT2D eigenvalue weighted by Crippen LogP contribution is -2.47. The topological polar surface area (TPSA) is 108 Å². The van der Waals surface area contributed by atoms with Crippen LogP contribution in [0.2, 0.25) is 0 Å². The van der Waals surface area contributed by atoms with Gasteiger partial charge in [-0.1, -0.05) is 60.4 Å². The van der Waals surface area contributed by atoms with Gasteiger partial charge in [0, 0.05) is 50.4 Å². The molecular formula is C21H23N5O4S2. The number of rotatable bonds is 6. The largest absolute Gasteiger partial charge is 0.355 e. The number of nitro groups is 1. The maximum Gasteiger partial charge on any atom is 0.270 e. The molecule has 0 radical (unpaired) electrons. The highest BCUT2D eigenvalue weighted by atomic mass is 32.2. The van der Waals surface area contributed by atoms with E-state index in [2.05, 4.69) is 32.8 Å². The van der Waals surface area contributed by atoms with Gasteiger partial charge in [-0.2, -0.15) is 0 Å². The lowest BCUT2D eigenvalue weighted by Gasteiger charge is -2.35.